The minimum Gasteiger partial charge on any atom is -0.490 e. The number of nitrogens with one attached hydrogen (secondary N) is 2. The lowest BCUT2D eigenvalue weighted by Crippen LogP contribution is -2.43. The van der Waals surface area contributed by atoms with Crippen LogP contribution in [-0.2, 0) is 6.54 Å². The van der Waals surface area contributed by atoms with Gasteiger partial charge in [-0.1, -0.05) is 12.1 Å². The van der Waals surface area contributed by atoms with Crippen molar-refractivity contribution in [2.45, 2.75) is 25.5 Å². The van der Waals surface area contributed by atoms with Crippen LogP contribution < -0.4 is 15.4 Å². The van der Waals surface area contributed by atoms with Crippen LogP contribution in [0, 0.1) is 5.82 Å². The zero-order chi connectivity index (χ0) is 22.3. The first-order valence-electron chi connectivity index (χ1n) is 10.3. The summed E-state index contributed by atoms with van der Waals surface area (Å²) < 4.78 is 19.1. The van der Waals surface area contributed by atoms with E-state index in [-0.39, 0.29) is 23.9 Å². The van der Waals surface area contributed by atoms with Crippen LogP contribution >= 0.6 is 11.3 Å². The summed E-state index contributed by atoms with van der Waals surface area (Å²) in [5.41, 5.74) is 3.53. The van der Waals surface area contributed by atoms with Gasteiger partial charge in [0.25, 0.3) is 5.91 Å². The quantitative estimate of drug-likeness (QED) is 0.582. The van der Waals surface area contributed by atoms with Gasteiger partial charge in [0.2, 0.25) is 0 Å². The highest BCUT2D eigenvalue weighted by molar-refractivity contribution is 7.07. The molecule has 166 valence electrons. The molecule has 2 N–H and O–H groups in total. The van der Waals surface area contributed by atoms with Gasteiger partial charge in [0.15, 0.2) is 0 Å². The van der Waals surface area contributed by atoms with Crippen molar-refractivity contribution in [3.05, 3.63) is 76.5 Å². The second-order valence-corrected chi connectivity index (χ2v) is 8.15. The van der Waals surface area contributed by atoms with Gasteiger partial charge in [-0.05, 0) is 30.3 Å². The summed E-state index contributed by atoms with van der Waals surface area (Å²) in [6.45, 7) is 1.41. The maximum atomic E-state index is 13.3. The first-order valence-corrected chi connectivity index (χ1v) is 11.2. The van der Waals surface area contributed by atoms with E-state index >= 15 is 0 Å². The number of benzene rings is 2. The van der Waals surface area contributed by atoms with Gasteiger partial charge in [-0.2, -0.15) is 0 Å². The van der Waals surface area contributed by atoms with Crippen molar-refractivity contribution in [2.75, 3.05) is 18.4 Å². The van der Waals surface area contributed by atoms with Gasteiger partial charge in [0.1, 0.15) is 17.7 Å². The summed E-state index contributed by atoms with van der Waals surface area (Å²) >= 11 is 1.47. The lowest BCUT2D eigenvalue weighted by atomic mass is 10.1. The van der Waals surface area contributed by atoms with Crippen molar-refractivity contribution in [2.24, 2.45) is 0 Å². The molecule has 0 bridgehead atoms. The number of halogens is 1. The monoisotopic (exact) mass is 454 g/mol. The Bertz CT molecular complexity index is 1070. The number of hydrogen-bond donors (Lipinski definition) is 2. The Labute approximate surface area is 189 Å². The van der Waals surface area contributed by atoms with Gasteiger partial charge >= 0.3 is 6.03 Å². The van der Waals surface area contributed by atoms with Crippen LogP contribution in [0.5, 0.6) is 5.75 Å². The van der Waals surface area contributed by atoms with Crippen LogP contribution in [0.3, 0.4) is 0 Å². The number of amides is 3. The molecule has 0 atom stereocenters. The number of aromatic nitrogens is 1. The number of carbonyl (C=O) groups excluding carboxylic acids is 2. The Kier molecular flexibility index (Phi) is 6.96. The molecule has 1 fully saturated rings. The highest BCUT2D eigenvalue weighted by atomic mass is 32.1. The van der Waals surface area contributed by atoms with Crippen molar-refractivity contribution in [3.8, 4) is 5.75 Å². The third kappa shape index (κ3) is 5.82. The van der Waals surface area contributed by atoms with E-state index in [0.717, 1.165) is 5.69 Å². The second kappa shape index (κ2) is 10.2. The number of hydrogen-bond acceptors (Lipinski definition) is 5. The van der Waals surface area contributed by atoms with Gasteiger partial charge in [0.05, 0.1) is 17.7 Å². The standard InChI is InChI=1S/C23H23FN4O3S/c24-17-4-2-6-21(12-17)31-20-7-9-28(10-8-20)23(30)27-18-5-1-3-16(11-18)22(29)25-13-19-14-32-15-26-19/h1-6,11-12,14-15,20H,7-10,13H2,(H,25,29)(H,27,30). The molecule has 0 spiro atoms. The Balaban J connectivity index is 1.27. The van der Waals surface area contributed by atoms with E-state index in [1.165, 1.54) is 23.5 Å². The number of carbonyl (C=O) groups is 2. The molecule has 0 aliphatic carbocycles. The summed E-state index contributed by atoms with van der Waals surface area (Å²) in [6.07, 6.45) is 1.25. The number of anilines is 1. The average Bonchev–Trinajstić information content (AvgIpc) is 3.32. The summed E-state index contributed by atoms with van der Waals surface area (Å²) in [4.78, 5) is 30.9. The molecule has 32 heavy (non-hydrogen) atoms. The normalized spacial score (nSPS) is 14.1. The Morgan fingerprint density at radius 1 is 1.16 bits per heavy atom. The smallest absolute Gasteiger partial charge is 0.321 e. The van der Waals surface area contributed by atoms with Gasteiger partial charge in [0, 0.05) is 48.6 Å². The molecule has 4 rings (SSSR count). The predicted molar refractivity (Wildman–Crippen MR) is 120 cm³/mol. The van der Waals surface area contributed by atoms with E-state index in [1.54, 1.807) is 46.8 Å². The van der Waals surface area contributed by atoms with Crippen molar-refractivity contribution in [3.63, 3.8) is 0 Å². The third-order valence-electron chi connectivity index (χ3n) is 5.12. The molecular formula is C23H23FN4O3S. The van der Waals surface area contributed by atoms with E-state index in [1.807, 2.05) is 5.38 Å². The van der Waals surface area contributed by atoms with Crippen LogP contribution in [0.2, 0.25) is 0 Å². The Morgan fingerprint density at radius 3 is 2.72 bits per heavy atom. The molecule has 1 aliphatic heterocycles. The van der Waals surface area contributed by atoms with Crippen LogP contribution in [0.1, 0.15) is 28.9 Å². The molecule has 3 amide bonds. The summed E-state index contributed by atoms with van der Waals surface area (Å²) in [7, 11) is 0. The Morgan fingerprint density at radius 2 is 1.97 bits per heavy atom. The van der Waals surface area contributed by atoms with E-state index in [4.69, 9.17) is 4.74 Å². The van der Waals surface area contributed by atoms with Gasteiger partial charge in [-0.15, -0.1) is 11.3 Å². The molecule has 7 nitrogen and oxygen atoms in total. The Hall–Kier alpha value is -3.46. The van der Waals surface area contributed by atoms with Crippen molar-refractivity contribution < 1.29 is 18.7 Å². The fraction of sp³-hybridized carbons (Fsp3) is 0.261. The van der Waals surface area contributed by atoms with Crippen molar-refractivity contribution >= 4 is 29.0 Å². The highest BCUT2D eigenvalue weighted by Crippen LogP contribution is 2.20. The molecule has 2 heterocycles. The summed E-state index contributed by atoms with van der Waals surface area (Å²) in [6, 6.07) is 12.7. The number of urea groups is 1. The minimum atomic E-state index is -0.335. The number of thiazole rings is 1. The van der Waals surface area contributed by atoms with Crippen LogP contribution in [0.15, 0.2) is 59.4 Å². The average molecular weight is 455 g/mol. The molecule has 2 aromatic carbocycles. The number of piperidine rings is 1. The maximum absolute atomic E-state index is 13.3. The fourth-order valence-corrected chi connectivity index (χ4v) is 4.01. The molecule has 0 unspecified atom stereocenters. The lowest BCUT2D eigenvalue weighted by Gasteiger charge is -2.32. The number of nitrogens with zero attached hydrogens (tertiary/aromatic N) is 2. The first kappa shape index (κ1) is 21.8. The molecule has 9 heteroatoms. The fourth-order valence-electron chi connectivity index (χ4n) is 3.45. The predicted octanol–water partition coefficient (Wildman–Crippen LogP) is 4.29. The molecule has 3 aromatic rings. The molecule has 1 aromatic heterocycles. The molecule has 1 saturated heterocycles. The zero-order valence-electron chi connectivity index (χ0n) is 17.3. The second-order valence-electron chi connectivity index (χ2n) is 7.44. The number of likely N-dealkylation sites (tertiary alicyclic amines) is 1. The number of rotatable bonds is 6. The molecular weight excluding hydrogens is 431 g/mol. The number of ether oxygens (including phenoxy) is 1. The van der Waals surface area contributed by atoms with Crippen molar-refractivity contribution in [1.82, 2.24) is 15.2 Å². The topological polar surface area (TPSA) is 83.6 Å². The largest absolute Gasteiger partial charge is 0.490 e. The summed E-state index contributed by atoms with van der Waals surface area (Å²) in [5.74, 6) is -0.0689. The van der Waals surface area contributed by atoms with E-state index < -0.39 is 0 Å². The highest BCUT2D eigenvalue weighted by Gasteiger charge is 2.24. The van der Waals surface area contributed by atoms with Crippen molar-refractivity contribution in [1.29, 1.82) is 0 Å². The van der Waals surface area contributed by atoms with E-state index in [0.29, 0.717) is 49.5 Å². The molecule has 0 saturated carbocycles. The molecule has 0 radical (unpaired) electrons. The van der Waals surface area contributed by atoms with Gasteiger partial charge in [-0.3, -0.25) is 4.79 Å². The minimum absolute atomic E-state index is 0.0643. The van der Waals surface area contributed by atoms with E-state index in [9.17, 15) is 14.0 Å². The zero-order valence-corrected chi connectivity index (χ0v) is 18.1. The summed E-state index contributed by atoms with van der Waals surface area (Å²) in [5, 5.41) is 7.55. The SMILES string of the molecule is O=C(NCc1cscn1)c1cccc(NC(=O)N2CCC(Oc3cccc(F)c3)CC2)c1. The molecule has 1 aliphatic rings. The third-order valence-corrected chi connectivity index (χ3v) is 5.75. The first-order chi connectivity index (χ1) is 15.6. The van der Waals surface area contributed by atoms with E-state index in [2.05, 4.69) is 15.6 Å². The van der Waals surface area contributed by atoms with Crippen LogP contribution in [-0.4, -0.2) is 41.0 Å². The lowest BCUT2D eigenvalue weighted by molar-refractivity contribution is 0.0950. The van der Waals surface area contributed by atoms with Gasteiger partial charge in [-0.25, -0.2) is 14.2 Å². The van der Waals surface area contributed by atoms with Gasteiger partial charge < -0.3 is 20.3 Å². The van der Waals surface area contributed by atoms with Crippen LogP contribution in [0.25, 0.3) is 0 Å². The van der Waals surface area contributed by atoms with Crippen LogP contribution in [0.4, 0.5) is 14.9 Å². The maximum Gasteiger partial charge on any atom is 0.321 e.